The highest BCUT2D eigenvalue weighted by atomic mass is 32.2. The molecule has 0 saturated heterocycles. The van der Waals surface area contributed by atoms with Crippen LogP contribution in [0.25, 0.3) is 0 Å². The molecule has 0 unspecified atom stereocenters. The molecular weight excluding hydrogens is 238 g/mol. The van der Waals surface area contributed by atoms with Gasteiger partial charge in [0.25, 0.3) is 0 Å². The molecule has 0 spiro atoms. The van der Waals surface area contributed by atoms with E-state index in [0.717, 1.165) is 5.71 Å². The second kappa shape index (κ2) is 8.83. The van der Waals surface area contributed by atoms with Crippen molar-refractivity contribution in [2.24, 2.45) is 5.16 Å². The molecule has 0 atom stereocenters. The van der Waals surface area contributed by atoms with Gasteiger partial charge in [0, 0.05) is 10.5 Å². The van der Waals surface area contributed by atoms with Crippen LogP contribution in [0.1, 0.15) is 34.6 Å². The maximum absolute atomic E-state index is 5.10. The van der Waals surface area contributed by atoms with Gasteiger partial charge in [-0.3, -0.25) is 0 Å². The first-order chi connectivity index (χ1) is 7.47. The fourth-order valence-electron chi connectivity index (χ4n) is 0.938. The Labute approximate surface area is 108 Å². The van der Waals surface area contributed by atoms with Crippen molar-refractivity contribution in [3.8, 4) is 12.3 Å². The van der Waals surface area contributed by atoms with Gasteiger partial charge < -0.3 is 4.84 Å². The predicted molar refractivity (Wildman–Crippen MR) is 77.1 cm³/mol. The Morgan fingerprint density at radius 1 is 1.25 bits per heavy atom. The first-order valence-corrected chi connectivity index (χ1v) is 7.26. The molecule has 0 aliphatic rings. The molecule has 92 valence electrons. The minimum Gasteiger partial charge on any atom is -0.383 e. The molecule has 0 radical (unpaired) electrons. The van der Waals surface area contributed by atoms with Crippen molar-refractivity contribution >= 4 is 29.2 Å². The third-order valence-electron chi connectivity index (χ3n) is 1.49. The molecule has 16 heavy (non-hydrogen) atoms. The van der Waals surface area contributed by atoms with Crippen LogP contribution in [-0.4, -0.2) is 27.4 Å². The van der Waals surface area contributed by atoms with Crippen molar-refractivity contribution < 1.29 is 4.84 Å². The van der Waals surface area contributed by atoms with Gasteiger partial charge in [-0.2, -0.15) is 0 Å². The summed E-state index contributed by atoms with van der Waals surface area (Å²) in [7, 11) is 0. The second-order valence-corrected chi connectivity index (χ2v) is 7.58. The SMILES string of the molecule is C#CCO/N=C(/C)C(SC(C)C)SC(C)C. The number of hydrogen-bond donors (Lipinski definition) is 0. The molecule has 0 aromatic carbocycles. The van der Waals surface area contributed by atoms with Gasteiger partial charge in [0.1, 0.15) is 0 Å². The summed E-state index contributed by atoms with van der Waals surface area (Å²) in [6.07, 6.45) is 5.10. The normalized spacial score (nSPS) is 12.3. The van der Waals surface area contributed by atoms with Gasteiger partial charge in [0.2, 0.25) is 0 Å². The molecule has 0 aliphatic carbocycles. The largest absolute Gasteiger partial charge is 0.383 e. The Balaban J connectivity index is 4.36. The van der Waals surface area contributed by atoms with E-state index in [2.05, 4.69) is 38.8 Å². The highest BCUT2D eigenvalue weighted by Gasteiger charge is 2.17. The number of nitrogens with zero attached hydrogens (tertiary/aromatic N) is 1. The first-order valence-electron chi connectivity index (χ1n) is 5.38. The van der Waals surface area contributed by atoms with E-state index in [0.29, 0.717) is 15.1 Å². The maximum atomic E-state index is 5.10. The molecule has 0 fully saturated rings. The zero-order valence-electron chi connectivity index (χ0n) is 10.7. The van der Waals surface area contributed by atoms with Crippen molar-refractivity contribution in [2.45, 2.75) is 49.7 Å². The fraction of sp³-hybridized carbons (Fsp3) is 0.750. The van der Waals surface area contributed by atoms with Crippen LogP contribution >= 0.6 is 23.5 Å². The molecule has 2 nitrogen and oxygen atoms in total. The summed E-state index contributed by atoms with van der Waals surface area (Å²) in [6.45, 7) is 11.0. The first kappa shape index (κ1) is 15.7. The van der Waals surface area contributed by atoms with Gasteiger partial charge in [0.15, 0.2) is 6.61 Å². The summed E-state index contributed by atoms with van der Waals surface area (Å²) in [4.78, 5) is 5.01. The van der Waals surface area contributed by atoms with E-state index in [1.165, 1.54) is 0 Å². The standard InChI is InChI=1S/C12H21NOS2/c1-7-8-14-13-11(6)12(15-9(2)3)16-10(4)5/h1,9-10,12H,8H2,2-6H3/b13-11-. The van der Waals surface area contributed by atoms with Gasteiger partial charge in [0.05, 0.1) is 10.3 Å². The van der Waals surface area contributed by atoms with Crippen LogP contribution in [0, 0.1) is 12.3 Å². The van der Waals surface area contributed by atoms with Crippen LogP contribution in [-0.2, 0) is 4.84 Å². The molecule has 0 aromatic rings. The number of hydrogen-bond acceptors (Lipinski definition) is 4. The zero-order chi connectivity index (χ0) is 12.6. The minimum absolute atomic E-state index is 0.239. The number of rotatable bonds is 7. The van der Waals surface area contributed by atoms with Gasteiger partial charge >= 0.3 is 0 Å². The van der Waals surface area contributed by atoms with Crippen LogP contribution in [0.4, 0.5) is 0 Å². The Bertz CT molecular complexity index is 246. The topological polar surface area (TPSA) is 21.6 Å². The fourth-order valence-corrected chi connectivity index (χ4v) is 4.00. The molecule has 0 bridgehead atoms. The second-order valence-electron chi connectivity index (χ2n) is 3.91. The van der Waals surface area contributed by atoms with E-state index < -0.39 is 0 Å². The van der Waals surface area contributed by atoms with Crippen LogP contribution in [0.2, 0.25) is 0 Å². The van der Waals surface area contributed by atoms with Crippen LogP contribution in [0.15, 0.2) is 5.16 Å². The van der Waals surface area contributed by atoms with E-state index >= 15 is 0 Å². The lowest BCUT2D eigenvalue weighted by molar-refractivity contribution is 0.179. The van der Waals surface area contributed by atoms with Crippen LogP contribution < -0.4 is 0 Å². The molecule has 0 heterocycles. The van der Waals surface area contributed by atoms with E-state index in [4.69, 9.17) is 11.3 Å². The van der Waals surface area contributed by atoms with Crippen molar-refractivity contribution in [1.82, 2.24) is 0 Å². The van der Waals surface area contributed by atoms with E-state index in [9.17, 15) is 0 Å². The number of oxime groups is 1. The highest BCUT2D eigenvalue weighted by Crippen LogP contribution is 2.31. The van der Waals surface area contributed by atoms with E-state index in [1.807, 2.05) is 30.4 Å². The van der Waals surface area contributed by atoms with Crippen LogP contribution in [0.5, 0.6) is 0 Å². The maximum Gasteiger partial charge on any atom is 0.177 e. The Kier molecular flexibility index (Phi) is 8.68. The minimum atomic E-state index is 0.239. The zero-order valence-corrected chi connectivity index (χ0v) is 12.3. The Morgan fingerprint density at radius 2 is 1.75 bits per heavy atom. The molecule has 0 N–H and O–H groups in total. The quantitative estimate of drug-likeness (QED) is 0.229. The van der Waals surface area contributed by atoms with Gasteiger partial charge in [-0.05, 0) is 6.92 Å². The number of terminal acetylenes is 1. The molecule has 4 heteroatoms. The van der Waals surface area contributed by atoms with Gasteiger partial charge in [-0.15, -0.1) is 29.9 Å². The summed E-state index contributed by atoms with van der Waals surface area (Å²) in [5, 5.41) is 5.21. The summed E-state index contributed by atoms with van der Waals surface area (Å²) in [5.74, 6) is 2.40. The van der Waals surface area contributed by atoms with Crippen LogP contribution in [0.3, 0.4) is 0 Å². The highest BCUT2D eigenvalue weighted by molar-refractivity contribution is 8.18. The lowest BCUT2D eigenvalue weighted by Crippen LogP contribution is -2.15. The lowest BCUT2D eigenvalue weighted by atomic mass is 10.5. The molecule has 0 amide bonds. The Morgan fingerprint density at radius 3 is 2.12 bits per heavy atom. The van der Waals surface area contributed by atoms with Crippen molar-refractivity contribution in [3.05, 3.63) is 0 Å². The third-order valence-corrected chi connectivity index (χ3v) is 4.42. The van der Waals surface area contributed by atoms with Crippen molar-refractivity contribution in [1.29, 1.82) is 0 Å². The van der Waals surface area contributed by atoms with Gasteiger partial charge in [-0.1, -0.05) is 38.8 Å². The van der Waals surface area contributed by atoms with Crippen molar-refractivity contribution in [2.75, 3.05) is 6.61 Å². The molecule has 0 saturated carbocycles. The molecule has 0 aromatic heterocycles. The van der Waals surface area contributed by atoms with E-state index in [1.54, 1.807) is 0 Å². The summed E-state index contributed by atoms with van der Waals surface area (Å²) < 4.78 is 0.345. The lowest BCUT2D eigenvalue weighted by Gasteiger charge is -2.19. The Hall–Kier alpha value is -0.270. The third kappa shape index (κ3) is 7.95. The smallest absolute Gasteiger partial charge is 0.177 e. The molecule has 0 rings (SSSR count). The molecule has 0 aliphatic heterocycles. The average Bonchev–Trinajstić information content (AvgIpc) is 2.15. The van der Waals surface area contributed by atoms with Gasteiger partial charge in [-0.25, -0.2) is 0 Å². The summed E-state index contributed by atoms with van der Waals surface area (Å²) >= 11 is 3.79. The average molecular weight is 259 g/mol. The molecular formula is C12H21NOS2. The number of thioether (sulfide) groups is 2. The predicted octanol–water partition coefficient (Wildman–Crippen LogP) is 3.62. The summed E-state index contributed by atoms with van der Waals surface area (Å²) in [5.41, 5.74) is 0.993. The summed E-state index contributed by atoms with van der Waals surface area (Å²) in [6, 6.07) is 0. The van der Waals surface area contributed by atoms with Crippen molar-refractivity contribution in [3.63, 3.8) is 0 Å². The monoisotopic (exact) mass is 259 g/mol. The van der Waals surface area contributed by atoms with E-state index in [-0.39, 0.29) is 6.61 Å².